The minimum absolute atomic E-state index is 0.132. The van der Waals surface area contributed by atoms with Gasteiger partial charge in [0.15, 0.2) is 0 Å². The van der Waals surface area contributed by atoms with E-state index in [1.165, 1.54) is 6.07 Å². The largest absolute Gasteiger partial charge is 0.392 e. The third kappa shape index (κ3) is 4.03. The van der Waals surface area contributed by atoms with Gasteiger partial charge in [0.1, 0.15) is 11.6 Å². The second-order valence-electron chi connectivity index (χ2n) is 4.85. The predicted octanol–water partition coefficient (Wildman–Crippen LogP) is 3.02. The highest BCUT2D eigenvalue weighted by Crippen LogP contribution is 2.21. The average molecular weight is 257 g/mol. The van der Waals surface area contributed by atoms with E-state index in [9.17, 15) is 13.9 Å². The second kappa shape index (κ2) is 6.81. The average Bonchev–Trinajstić information content (AvgIpc) is 2.33. The maximum absolute atomic E-state index is 13.6. The standard InChI is InChI=1S/C14H21F2NO/c1-4-13(17-8-14(18)9(2)3)11-7-10(15)5-6-12(11)16/h5-7,9,13-14,17-18H,4,8H2,1-3H3. The zero-order valence-corrected chi connectivity index (χ0v) is 11.1. The molecule has 1 aromatic carbocycles. The molecule has 0 aliphatic heterocycles. The topological polar surface area (TPSA) is 32.3 Å². The molecule has 0 aromatic heterocycles. The third-order valence-corrected chi connectivity index (χ3v) is 3.08. The van der Waals surface area contributed by atoms with Gasteiger partial charge < -0.3 is 10.4 Å². The molecular weight excluding hydrogens is 236 g/mol. The Labute approximate surface area is 107 Å². The molecule has 0 saturated carbocycles. The summed E-state index contributed by atoms with van der Waals surface area (Å²) in [5.74, 6) is -0.738. The molecule has 0 spiro atoms. The predicted molar refractivity (Wildman–Crippen MR) is 68.2 cm³/mol. The fraction of sp³-hybridized carbons (Fsp3) is 0.571. The van der Waals surface area contributed by atoms with Crippen molar-refractivity contribution in [3.8, 4) is 0 Å². The van der Waals surface area contributed by atoms with Crippen molar-refractivity contribution in [2.75, 3.05) is 6.54 Å². The Balaban J connectivity index is 2.74. The summed E-state index contributed by atoms with van der Waals surface area (Å²) in [4.78, 5) is 0. The molecule has 0 heterocycles. The number of rotatable bonds is 6. The monoisotopic (exact) mass is 257 g/mol. The van der Waals surface area contributed by atoms with E-state index in [0.29, 0.717) is 18.5 Å². The Morgan fingerprint density at radius 2 is 1.94 bits per heavy atom. The lowest BCUT2D eigenvalue weighted by atomic mass is 10.0. The fourth-order valence-corrected chi connectivity index (χ4v) is 1.75. The Morgan fingerprint density at radius 1 is 1.28 bits per heavy atom. The summed E-state index contributed by atoms with van der Waals surface area (Å²) >= 11 is 0. The fourth-order valence-electron chi connectivity index (χ4n) is 1.75. The van der Waals surface area contributed by atoms with E-state index < -0.39 is 17.7 Å². The number of halogens is 2. The van der Waals surface area contributed by atoms with Crippen LogP contribution < -0.4 is 5.32 Å². The number of nitrogens with one attached hydrogen (secondary N) is 1. The van der Waals surface area contributed by atoms with Crippen molar-refractivity contribution < 1.29 is 13.9 Å². The van der Waals surface area contributed by atoms with Crippen LogP contribution in [0, 0.1) is 17.6 Å². The molecular formula is C14H21F2NO. The summed E-state index contributed by atoms with van der Waals surface area (Å²) in [7, 11) is 0. The molecule has 0 aliphatic rings. The van der Waals surface area contributed by atoms with Gasteiger partial charge in [-0.3, -0.25) is 0 Å². The molecule has 0 amide bonds. The highest BCUT2D eigenvalue weighted by molar-refractivity contribution is 5.22. The first-order valence-corrected chi connectivity index (χ1v) is 6.32. The van der Waals surface area contributed by atoms with Crippen molar-refractivity contribution in [2.45, 2.75) is 39.3 Å². The molecule has 2 atom stereocenters. The van der Waals surface area contributed by atoms with Crippen molar-refractivity contribution in [3.63, 3.8) is 0 Å². The Bertz CT molecular complexity index is 382. The smallest absolute Gasteiger partial charge is 0.128 e. The molecule has 0 bridgehead atoms. The molecule has 2 unspecified atom stereocenters. The van der Waals surface area contributed by atoms with Crippen molar-refractivity contribution >= 4 is 0 Å². The first-order valence-electron chi connectivity index (χ1n) is 6.32. The maximum Gasteiger partial charge on any atom is 0.128 e. The zero-order valence-electron chi connectivity index (χ0n) is 11.1. The van der Waals surface area contributed by atoms with Gasteiger partial charge in [-0.15, -0.1) is 0 Å². The quantitative estimate of drug-likeness (QED) is 0.821. The molecule has 2 N–H and O–H groups in total. The molecule has 0 radical (unpaired) electrons. The highest BCUT2D eigenvalue weighted by Gasteiger charge is 2.17. The van der Waals surface area contributed by atoms with Gasteiger partial charge in [0.2, 0.25) is 0 Å². The summed E-state index contributed by atoms with van der Waals surface area (Å²) in [5, 5.41) is 12.8. The summed E-state index contributed by atoms with van der Waals surface area (Å²) in [6.07, 6.45) is 0.140. The summed E-state index contributed by atoms with van der Waals surface area (Å²) in [5.41, 5.74) is 0.313. The van der Waals surface area contributed by atoms with Crippen LogP contribution in [0.5, 0.6) is 0 Å². The van der Waals surface area contributed by atoms with E-state index in [-0.39, 0.29) is 12.0 Å². The molecule has 2 nitrogen and oxygen atoms in total. The van der Waals surface area contributed by atoms with Crippen LogP contribution in [-0.4, -0.2) is 17.8 Å². The molecule has 102 valence electrons. The molecule has 0 fully saturated rings. The van der Waals surface area contributed by atoms with Gasteiger partial charge >= 0.3 is 0 Å². The van der Waals surface area contributed by atoms with E-state index in [4.69, 9.17) is 0 Å². The number of hydrogen-bond donors (Lipinski definition) is 2. The van der Waals surface area contributed by atoms with Gasteiger partial charge in [0, 0.05) is 18.2 Å². The van der Waals surface area contributed by atoms with Crippen molar-refractivity contribution in [2.24, 2.45) is 5.92 Å². The number of benzene rings is 1. The number of aliphatic hydroxyl groups excluding tert-OH is 1. The normalized spacial score (nSPS) is 14.8. The summed E-state index contributed by atoms with van der Waals surface area (Å²) < 4.78 is 26.7. The van der Waals surface area contributed by atoms with E-state index in [0.717, 1.165) is 12.1 Å². The van der Waals surface area contributed by atoms with Crippen LogP contribution in [0.1, 0.15) is 38.8 Å². The third-order valence-electron chi connectivity index (χ3n) is 3.08. The number of hydrogen-bond acceptors (Lipinski definition) is 2. The lowest BCUT2D eigenvalue weighted by Crippen LogP contribution is -2.33. The summed E-state index contributed by atoms with van der Waals surface area (Å²) in [6, 6.07) is 3.16. The van der Waals surface area contributed by atoms with Crippen LogP contribution >= 0.6 is 0 Å². The van der Waals surface area contributed by atoms with E-state index >= 15 is 0 Å². The van der Waals surface area contributed by atoms with Gasteiger partial charge in [0.25, 0.3) is 0 Å². The maximum atomic E-state index is 13.6. The Morgan fingerprint density at radius 3 is 2.50 bits per heavy atom. The Hall–Kier alpha value is -1.00. The van der Waals surface area contributed by atoms with Gasteiger partial charge in [-0.05, 0) is 30.5 Å². The molecule has 1 rings (SSSR count). The van der Waals surface area contributed by atoms with Crippen molar-refractivity contribution in [1.82, 2.24) is 5.32 Å². The number of aliphatic hydroxyl groups is 1. The van der Waals surface area contributed by atoms with Crippen molar-refractivity contribution in [1.29, 1.82) is 0 Å². The first-order chi connectivity index (χ1) is 8.45. The molecule has 0 aliphatic carbocycles. The molecule has 4 heteroatoms. The van der Waals surface area contributed by atoms with Crippen LogP contribution in [-0.2, 0) is 0 Å². The van der Waals surface area contributed by atoms with E-state index in [2.05, 4.69) is 5.32 Å². The van der Waals surface area contributed by atoms with Gasteiger partial charge in [-0.25, -0.2) is 8.78 Å². The van der Waals surface area contributed by atoms with Crippen LogP contribution in [0.15, 0.2) is 18.2 Å². The minimum Gasteiger partial charge on any atom is -0.392 e. The lowest BCUT2D eigenvalue weighted by molar-refractivity contribution is 0.119. The lowest BCUT2D eigenvalue weighted by Gasteiger charge is -2.22. The van der Waals surface area contributed by atoms with Crippen LogP contribution in [0.4, 0.5) is 8.78 Å². The SMILES string of the molecule is CCC(NCC(O)C(C)C)c1cc(F)ccc1F. The molecule has 1 aromatic rings. The van der Waals surface area contributed by atoms with Crippen LogP contribution in [0.3, 0.4) is 0 Å². The van der Waals surface area contributed by atoms with Gasteiger partial charge in [-0.1, -0.05) is 20.8 Å². The van der Waals surface area contributed by atoms with Crippen molar-refractivity contribution in [3.05, 3.63) is 35.4 Å². The minimum atomic E-state index is -0.490. The molecule has 18 heavy (non-hydrogen) atoms. The first kappa shape index (κ1) is 15.1. The van der Waals surface area contributed by atoms with Crippen LogP contribution in [0.25, 0.3) is 0 Å². The molecule has 0 saturated heterocycles. The van der Waals surface area contributed by atoms with Gasteiger partial charge in [0.05, 0.1) is 6.10 Å². The summed E-state index contributed by atoms with van der Waals surface area (Å²) in [6.45, 7) is 6.09. The second-order valence-corrected chi connectivity index (χ2v) is 4.85. The highest BCUT2D eigenvalue weighted by atomic mass is 19.1. The van der Waals surface area contributed by atoms with E-state index in [1.54, 1.807) is 0 Å². The zero-order chi connectivity index (χ0) is 13.7. The van der Waals surface area contributed by atoms with Crippen LogP contribution in [0.2, 0.25) is 0 Å². The van der Waals surface area contributed by atoms with Gasteiger partial charge in [-0.2, -0.15) is 0 Å². The van der Waals surface area contributed by atoms with E-state index in [1.807, 2.05) is 20.8 Å². The Kier molecular flexibility index (Phi) is 5.69.